The van der Waals surface area contributed by atoms with E-state index >= 15 is 0 Å². The molecule has 2 aromatic carbocycles. The second-order valence-electron chi connectivity index (χ2n) is 10.8. The van der Waals surface area contributed by atoms with Crippen molar-refractivity contribution in [3.05, 3.63) is 84.5 Å². The van der Waals surface area contributed by atoms with E-state index in [4.69, 9.17) is 18.9 Å². The number of esters is 1. The van der Waals surface area contributed by atoms with Gasteiger partial charge in [0.1, 0.15) is 5.75 Å². The van der Waals surface area contributed by atoms with Crippen molar-refractivity contribution in [3.8, 4) is 17.2 Å². The number of hydrogen-bond acceptors (Lipinski definition) is 9. The van der Waals surface area contributed by atoms with Crippen LogP contribution in [0.5, 0.6) is 17.2 Å². The smallest absolute Gasteiger partial charge is 0.338 e. The van der Waals surface area contributed by atoms with Gasteiger partial charge in [0.2, 0.25) is 0 Å². The number of likely N-dealkylation sites (tertiary alicyclic amines) is 1. The third kappa shape index (κ3) is 6.57. The van der Waals surface area contributed by atoms with E-state index < -0.39 is 12.0 Å². The van der Waals surface area contributed by atoms with Gasteiger partial charge in [-0.25, -0.2) is 9.79 Å². The Kier molecular flexibility index (Phi) is 9.53. The van der Waals surface area contributed by atoms with Gasteiger partial charge in [0.25, 0.3) is 11.5 Å². The van der Waals surface area contributed by atoms with Crippen LogP contribution in [-0.4, -0.2) is 60.9 Å². The molecule has 232 valence electrons. The van der Waals surface area contributed by atoms with E-state index in [1.165, 1.54) is 11.3 Å². The van der Waals surface area contributed by atoms with Crippen molar-refractivity contribution in [2.24, 2.45) is 4.99 Å². The Morgan fingerprint density at radius 1 is 1.09 bits per heavy atom. The van der Waals surface area contributed by atoms with Crippen LogP contribution in [-0.2, 0) is 14.3 Å². The summed E-state index contributed by atoms with van der Waals surface area (Å²) >= 11 is 1.24. The van der Waals surface area contributed by atoms with Crippen LogP contribution in [0.15, 0.2) is 63.5 Å². The molecule has 0 saturated carbocycles. The van der Waals surface area contributed by atoms with Crippen LogP contribution in [0.2, 0.25) is 0 Å². The van der Waals surface area contributed by atoms with Gasteiger partial charge in [-0.05, 0) is 82.0 Å². The largest absolute Gasteiger partial charge is 0.497 e. The summed E-state index contributed by atoms with van der Waals surface area (Å²) in [4.78, 5) is 46.8. The monoisotopic (exact) mass is 619 g/mol. The number of aromatic nitrogens is 1. The molecular weight excluding hydrogens is 582 g/mol. The number of methoxy groups -OCH3 is 1. The fourth-order valence-electron chi connectivity index (χ4n) is 5.34. The van der Waals surface area contributed by atoms with Gasteiger partial charge in [0.15, 0.2) is 22.9 Å². The number of benzene rings is 2. The minimum atomic E-state index is -0.752. The second kappa shape index (κ2) is 13.5. The van der Waals surface area contributed by atoms with Gasteiger partial charge in [0.05, 0.1) is 41.7 Å². The van der Waals surface area contributed by atoms with Gasteiger partial charge in [0, 0.05) is 13.1 Å². The first-order valence-electron chi connectivity index (χ1n) is 14.7. The van der Waals surface area contributed by atoms with Crippen molar-refractivity contribution in [1.29, 1.82) is 0 Å². The first-order valence-corrected chi connectivity index (χ1v) is 15.6. The zero-order valence-electron chi connectivity index (χ0n) is 25.6. The summed E-state index contributed by atoms with van der Waals surface area (Å²) in [5.74, 6) is 0.965. The highest BCUT2D eigenvalue weighted by Gasteiger charge is 2.34. The van der Waals surface area contributed by atoms with Gasteiger partial charge >= 0.3 is 5.97 Å². The van der Waals surface area contributed by atoms with Crippen molar-refractivity contribution in [3.63, 3.8) is 0 Å². The average Bonchev–Trinajstić information content (AvgIpc) is 3.64. The van der Waals surface area contributed by atoms with Gasteiger partial charge < -0.3 is 23.8 Å². The van der Waals surface area contributed by atoms with E-state index in [-0.39, 0.29) is 24.2 Å². The lowest BCUT2D eigenvalue weighted by molar-refractivity contribution is -0.143. The molecular formula is C33H37N3O7S. The second-order valence-corrected chi connectivity index (χ2v) is 11.8. The first-order chi connectivity index (χ1) is 21.2. The fraction of sp³-hybridized carbons (Fsp3) is 0.394. The number of amides is 1. The maximum absolute atomic E-state index is 14.0. The van der Waals surface area contributed by atoms with Crippen molar-refractivity contribution in [2.75, 3.05) is 33.4 Å². The number of thiazole rings is 1. The number of carbonyl (C=O) groups excluding carboxylic acids is 2. The number of rotatable bonds is 10. The van der Waals surface area contributed by atoms with E-state index in [0.717, 1.165) is 25.9 Å². The molecule has 0 unspecified atom stereocenters. The maximum Gasteiger partial charge on any atom is 0.338 e. The Morgan fingerprint density at radius 3 is 2.57 bits per heavy atom. The first kappa shape index (κ1) is 31.1. The Morgan fingerprint density at radius 2 is 1.86 bits per heavy atom. The van der Waals surface area contributed by atoms with Gasteiger partial charge in [-0.1, -0.05) is 29.5 Å². The molecule has 1 amide bonds. The normalized spacial score (nSPS) is 16.5. The van der Waals surface area contributed by atoms with Crippen molar-refractivity contribution >= 4 is 29.3 Å². The summed E-state index contributed by atoms with van der Waals surface area (Å²) < 4.78 is 24.7. The van der Waals surface area contributed by atoms with Crippen LogP contribution in [0.25, 0.3) is 6.08 Å². The third-order valence-electron chi connectivity index (χ3n) is 7.37. The summed E-state index contributed by atoms with van der Waals surface area (Å²) in [6, 6.07) is 11.9. The molecule has 0 aliphatic carbocycles. The maximum atomic E-state index is 14.0. The number of fused-ring (bicyclic) bond motifs is 1. The highest BCUT2D eigenvalue weighted by Crippen LogP contribution is 2.33. The van der Waals surface area contributed by atoms with Gasteiger partial charge in [-0.2, -0.15) is 0 Å². The minimum Gasteiger partial charge on any atom is -0.497 e. The molecule has 10 nitrogen and oxygen atoms in total. The molecule has 2 aliphatic heterocycles. The molecule has 1 saturated heterocycles. The minimum absolute atomic E-state index is 0.0485. The zero-order chi connectivity index (χ0) is 31.4. The summed E-state index contributed by atoms with van der Waals surface area (Å²) in [5, 5.41) is 0. The van der Waals surface area contributed by atoms with Gasteiger partial charge in [-0.3, -0.25) is 14.2 Å². The SMILES string of the molecule is CCOc1cc(/C=c2\sc3n(c2=O)[C@H](c2cccc(OC)c2)C(C(=O)OC(C)C)=C(C)N=3)ccc1OCC(=O)N1CCCC1. The van der Waals surface area contributed by atoms with Crippen LogP contribution >= 0.6 is 11.3 Å². The molecule has 0 N–H and O–H groups in total. The van der Waals surface area contributed by atoms with Crippen LogP contribution in [0.1, 0.15) is 57.7 Å². The molecule has 0 radical (unpaired) electrons. The Bertz CT molecular complexity index is 1770. The quantitative estimate of drug-likeness (QED) is 0.319. The average molecular weight is 620 g/mol. The molecule has 3 heterocycles. The van der Waals surface area contributed by atoms with Crippen LogP contribution in [0.3, 0.4) is 0 Å². The van der Waals surface area contributed by atoms with Crippen LogP contribution < -0.4 is 29.1 Å². The van der Waals surface area contributed by atoms with Crippen molar-refractivity contribution in [2.45, 2.75) is 52.7 Å². The lowest BCUT2D eigenvalue weighted by Gasteiger charge is -2.25. The number of allylic oxidation sites excluding steroid dienone is 1. The summed E-state index contributed by atoms with van der Waals surface area (Å²) in [5.41, 5.74) is 1.91. The molecule has 0 bridgehead atoms. The number of carbonyl (C=O) groups is 2. The summed E-state index contributed by atoms with van der Waals surface area (Å²) in [7, 11) is 1.57. The highest BCUT2D eigenvalue weighted by molar-refractivity contribution is 7.07. The van der Waals surface area contributed by atoms with Crippen LogP contribution in [0.4, 0.5) is 0 Å². The van der Waals surface area contributed by atoms with Crippen molar-refractivity contribution < 1.29 is 28.5 Å². The van der Waals surface area contributed by atoms with Gasteiger partial charge in [-0.15, -0.1) is 0 Å². The Balaban J connectivity index is 1.54. The molecule has 5 rings (SSSR count). The molecule has 1 atom stereocenters. The molecule has 0 spiro atoms. The van der Waals surface area contributed by atoms with E-state index in [1.54, 1.807) is 50.7 Å². The van der Waals surface area contributed by atoms with Crippen molar-refractivity contribution in [1.82, 2.24) is 9.47 Å². The molecule has 2 aliphatic rings. The zero-order valence-corrected chi connectivity index (χ0v) is 26.4. The number of hydrogen-bond donors (Lipinski definition) is 0. The lowest BCUT2D eigenvalue weighted by Crippen LogP contribution is -2.40. The van der Waals surface area contributed by atoms with Crippen LogP contribution in [0, 0.1) is 0 Å². The summed E-state index contributed by atoms with van der Waals surface area (Å²) in [6.45, 7) is 9.03. The third-order valence-corrected chi connectivity index (χ3v) is 8.35. The summed E-state index contributed by atoms with van der Waals surface area (Å²) in [6.07, 6.45) is 3.45. The Labute approximate surface area is 259 Å². The van der Waals surface area contributed by atoms with E-state index in [2.05, 4.69) is 4.99 Å². The molecule has 3 aromatic rings. The lowest BCUT2D eigenvalue weighted by atomic mass is 9.95. The standard InChI is InChI=1S/C33H37N3O7S/c1-6-41-26-16-22(12-13-25(26)42-19-28(37)35-14-7-8-15-35)17-27-31(38)36-30(23-10-9-11-24(18-23)40-5)29(32(39)43-20(2)3)21(4)34-33(36)44-27/h9-13,16-18,20,30H,6-8,14-15,19H2,1-5H3/b27-17-/t30-/m1/s1. The molecule has 44 heavy (non-hydrogen) atoms. The highest BCUT2D eigenvalue weighted by atomic mass is 32.1. The topological polar surface area (TPSA) is 109 Å². The predicted molar refractivity (Wildman–Crippen MR) is 167 cm³/mol. The molecule has 1 fully saturated rings. The van der Waals surface area contributed by atoms with E-state index in [9.17, 15) is 14.4 Å². The number of nitrogens with zero attached hydrogens (tertiary/aromatic N) is 3. The molecule has 11 heteroatoms. The predicted octanol–water partition coefficient (Wildman–Crippen LogP) is 3.60. The van der Waals surface area contributed by atoms with E-state index in [1.807, 2.05) is 42.2 Å². The number of ether oxygens (including phenoxy) is 4. The van der Waals surface area contributed by atoms with E-state index in [0.29, 0.717) is 55.6 Å². The molecule has 1 aromatic heterocycles. The fourth-order valence-corrected chi connectivity index (χ4v) is 6.38. The Hall–Kier alpha value is -4.38.